The van der Waals surface area contributed by atoms with Crippen molar-refractivity contribution in [3.63, 3.8) is 0 Å². The number of piperidine rings is 2. The first-order valence-electron chi connectivity index (χ1n) is 18.3. The molecule has 54 heavy (non-hydrogen) atoms. The van der Waals surface area contributed by atoms with Crippen LogP contribution in [0.5, 0.6) is 0 Å². The largest absolute Gasteiger partial charge is 0.367 e. The number of aromatic nitrogens is 6. The average molecular weight is 743 g/mol. The Labute approximate surface area is 311 Å². The van der Waals surface area contributed by atoms with Gasteiger partial charge in [0.2, 0.25) is 0 Å². The van der Waals surface area contributed by atoms with Gasteiger partial charge in [0.25, 0.3) is 12.9 Å². The van der Waals surface area contributed by atoms with Crippen molar-refractivity contribution in [2.24, 2.45) is 10.8 Å². The van der Waals surface area contributed by atoms with Crippen molar-refractivity contribution in [1.29, 1.82) is 0 Å². The smallest absolute Gasteiger partial charge is 0.265 e. The number of nitrogens with zero attached hydrogens (tertiary/aromatic N) is 6. The number of fused-ring (bicyclic) bond motifs is 2. The molecule has 2 atom stereocenters. The maximum Gasteiger partial charge on any atom is 0.265 e. The molecule has 0 spiro atoms. The molecule has 2 aliphatic heterocycles. The van der Waals surface area contributed by atoms with E-state index in [1.165, 1.54) is 24.5 Å². The van der Waals surface area contributed by atoms with Crippen LogP contribution in [0.25, 0.3) is 34.1 Å². The fourth-order valence-electron chi connectivity index (χ4n) is 7.18. The van der Waals surface area contributed by atoms with Crippen LogP contribution < -0.4 is 21.3 Å². The van der Waals surface area contributed by atoms with E-state index in [0.717, 1.165) is 50.7 Å². The van der Waals surface area contributed by atoms with Gasteiger partial charge in [-0.05, 0) is 85.3 Å². The molecule has 284 valence electrons. The van der Waals surface area contributed by atoms with Gasteiger partial charge in [-0.25, -0.2) is 37.5 Å². The third kappa shape index (κ3) is 8.04. The Morgan fingerprint density at radius 2 is 1.06 bits per heavy atom. The van der Waals surface area contributed by atoms with E-state index < -0.39 is 12.9 Å². The zero-order valence-electron chi connectivity index (χ0n) is 30.8. The van der Waals surface area contributed by atoms with E-state index >= 15 is 0 Å². The summed E-state index contributed by atoms with van der Waals surface area (Å²) in [6.45, 7) is 12.8. The SMILES string of the molecule is CC1(C)CNCCC1Nc1cccc(-c2cnc3ccc(C(F)F)cn23)n1.CC1(C)CNCCC1Nc1cccc(-c2cnc3ccc(C(F)F)cn23)n1. The normalized spacial score (nSPS) is 19.5. The molecular weight excluding hydrogens is 697 g/mol. The molecule has 0 bridgehead atoms. The highest BCUT2D eigenvalue weighted by Gasteiger charge is 2.33. The predicted molar refractivity (Wildman–Crippen MR) is 204 cm³/mol. The van der Waals surface area contributed by atoms with E-state index in [1.807, 2.05) is 36.4 Å². The Balaban J connectivity index is 0.000000167. The summed E-state index contributed by atoms with van der Waals surface area (Å²) in [4.78, 5) is 18.1. The van der Waals surface area contributed by atoms with Crippen molar-refractivity contribution in [2.45, 2.75) is 65.5 Å². The van der Waals surface area contributed by atoms with Crippen LogP contribution in [0.1, 0.15) is 64.5 Å². The third-order valence-corrected chi connectivity index (χ3v) is 10.5. The van der Waals surface area contributed by atoms with Crippen molar-refractivity contribution in [3.8, 4) is 22.8 Å². The first kappa shape index (κ1) is 37.2. The summed E-state index contributed by atoms with van der Waals surface area (Å²) in [5, 5.41) is 14.0. The monoisotopic (exact) mass is 742 g/mol. The van der Waals surface area contributed by atoms with Crippen LogP contribution in [0.3, 0.4) is 0 Å². The lowest BCUT2D eigenvalue weighted by atomic mass is 9.80. The molecule has 6 aromatic rings. The van der Waals surface area contributed by atoms with Crippen molar-refractivity contribution in [1.82, 2.24) is 39.4 Å². The summed E-state index contributed by atoms with van der Waals surface area (Å²) in [5.74, 6) is 1.57. The number of nitrogens with one attached hydrogen (secondary N) is 4. The topological polar surface area (TPSA) is 108 Å². The Morgan fingerprint density at radius 1 is 0.630 bits per heavy atom. The lowest BCUT2D eigenvalue weighted by Gasteiger charge is -2.39. The van der Waals surface area contributed by atoms with E-state index in [2.05, 4.69) is 58.9 Å². The van der Waals surface area contributed by atoms with Crippen molar-refractivity contribution >= 4 is 22.9 Å². The first-order chi connectivity index (χ1) is 25.9. The van der Waals surface area contributed by atoms with Gasteiger partial charge in [-0.1, -0.05) is 39.8 Å². The third-order valence-electron chi connectivity index (χ3n) is 10.5. The Bertz CT molecular complexity index is 2060. The van der Waals surface area contributed by atoms with Gasteiger partial charge in [-0.3, -0.25) is 8.80 Å². The highest BCUT2D eigenvalue weighted by Crippen LogP contribution is 2.31. The first-order valence-corrected chi connectivity index (χ1v) is 18.3. The Hall–Kier alpha value is -5.08. The molecule has 2 aliphatic rings. The molecule has 2 fully saturated rings. The van der Waals surface area contributed by atoms with E-state index in [9.17, 15) is 17.6 Å². The van der Waals surface area contributed by atoms with Crippen molar-refractivity contribution in [3.05, 3.63) is 96.6 Å². The maximum absolute atomic E-state index is 13.1. The molecule has 4 N–H and O–H groups in total. The lowest BCUT2D eigenvalue weighted by molar-refractivity contribution is 0.150. The molecule has 0 saturated carbocycles. The summed E-state index contributed by atoms with van der Waals surface area (Å²) < 4.78 is 55.6. The van der Waals surface area contributed by atoms with Gasteiger partial charge >= 0.3 is 0 Å². The number of rotatable bonds is 8. The molecule has 14 heteroatoms. The van der Waals surface area contributed by atoms with Crippen molar-refractivity contribution in [2.75, 3.05) is 36.8 Å². The lowest BCUT2D eigenvalue weighted by Crippen LogP contribution is -2.49. The van der Waals surface area contributed by atoms with Gasteiger partial charge in [-0.2, -0.15) is 0 Å². The number of anilines is 2. The summed E-state index contributed by atoms with van der Waals surface area (Å²) in [7, 11) is 0. The van der Waals surface area contributed by atoms with Crippen LogP contribution in [0, 0.1) is 10.8 Å². The molecule has 2 saturated heterocycles. The quantitative estimate of drug-likeness (QED) is 0.116. The van der Waals surface area contributed by atoms with Crippen LogP contribution in [0.4, 0.5) is 29.2 Å². The Kier molecular flexibility index (Phi) is 10.6. The second-order valence-electron chi connectivity index (χ2n) is 15.4. The van der Waals surface area contributed by atoms with Crippen LogP contribution >= 0.6 is 0 Å². The number of imidazole rings is 2. The molecular formula is C40H46F4N10. The molecule has 2 unspecified atom stereocenters. The summed E-state index contributed by atoms with van der Waals surface area (Å²) in [6, 6.07) is 18.1. The minimum atomic E-state index is -2.52. The van der Waals surface area contributed by atoms with Gasteiger partial charge in [0.05, 0.1) is 35.2 Å². The predicted octanol–water partition coefficient (Wildman–Crippen LogP) is 8.27. The fourth-order valence-corrected chi connectivity index (χ4v) is 7.18. The summed E-state index contributed by atoms with van der Waals surface area (Å²) in [5.41, 5.74) is 4.19. The van der Waals surface area contributed by atoms with Crippen LogP contribution in [0.15, 0.2) is 85.5 Å². The maximum atomic E-state index is 13.1. The zero-order valence-corrected chi connectivity index (χ0v) is 30.8. The molecule has 8 heterocycles. The summed E-state index contributed by atoms with van der Waals surface area (Å²) in [6.07, 6.45) is 3.20. The second kappa shape index (κ2) is 15.3. The number of pyridine rings is 4. The van der Waals surface area contributed by atoms with E-state index in [0.29, 0.717) is 46.2 Å². The molecule has 0 aliphatic carbocycles. The van der Waals surface area contributed by atoms with Gasteiger partial charge in [0.1, 0.15) is 22.9 Å². The standard InChI is InChI=1S/2C20H23F2N5/c2*1-20(2)12-23-9-8-16(20)26-17-5-3-4-14(25-17)15-10-24-18-7-6-13(19(21)22)11-27(15)18/h2*3-7,10-11,16,19,23H,8-9,12H2,1-2H3,(H,25,26). The number of hydrogen-bond donors (Lipinski definition) is 4. The van der Waals surface area contributed by atoms with Gasteiger partial charge < -0.3 is 21.3 Å². The molecule has 0 aromatic carbocycles. The molecule has 0 amide bonds. The molecule has 10 nitrogen and oxygen atoms in total. The average Bonchev–Trinajstić information content (AvgIpc) is 3.78. The Morgan fingerprint density at radius 3 is 1.44 bits per heavy atom. The van der Waals surface area contributed by atoms with Gasteiger partial charge in [-0.15, -0.1) is 0 Å². The minimum absolute atomic E-state index is 0.0347. The van der Waals surface area contributed by atoms with Gasteiger partial charge in [0, 0.05) is 48.7 Å². The van der Waals surface area contributed by atoms with E-state index in [-0.39, 0.29) is 22.0 Å². The number of alkyl halides is 4. The fraction of sp³-hybridized carbons (Fsp3) is 0.400. The minimum Gasteiger partial charge on any atom is -0.367 e. The van der Waals surface area contributed by atoms with Crippen LogP contribution in [-0.2, 0) is 0 Å². The van der Waals surface area contributed by atoms with Crippen molar-refractivity contribution < 1.29 is 17.6 Å². The highest BCUT2D eigenvalue weighted by molar-refractivity contribution is 5.63. The van der Waals surface area contributed by atoms with Crippen LogP contribution in [-0.4, -0.2) is 67.0 Å². The van der Waals surface area contributed by atoms with E-state index in [1.54, 1.807) is 33.3 Å². The highest BCUT2D eigenvalue weighted by atomic mass is 19.3. The van der Waals surface area contributed by atoms with Gasteiger partial charge in [0.15, 0.2) is 0 Å². The van der Waals surface area contributed by atoms with E-state index in [4.69, 9.17) is 9.97 Å². The number of hydrogen-bond acceptors (Lipinski definition) is 8. The molecule has 6 aromatic heterocycles. The zero-order chi connectivity index (χ0) is 38.0. The molecule has 0 radical (unpaired) electrons. The second-order valence-corrected chi connectivity index (χ2v) is 15.4. The number of halogens is 4. The van der Waals surface area contributed by atoms with Crippen LogP contribution in [0.2, 0.25) is 0 Å². The summed E-state index contributed by atoms with van der Waals surface area (Å²) >= 11 is 0. The molecule has 8 rings (SSSR count).